The minimum atomic E-state index is 0.341. The van der Waals surface area contributed by atoms with Gasteiger partial charge < -0.3 is 0 Å². The molecule has 17 heavy (non-hydrogen) atoms. The van der Waals surface area contributed by atoms with E-state index in [1.54, 1.807) is 0 Å². The molecule has 0 aliphatic heterocycles. The van der Waals surface area contributed by atoms with Gasteiger partial charge in [0.1, 0.15) is 0 Å². The minimum absolute atomic E-state index is 0.341. The first-order valence-electron chi connectivity index (χ1n) is 5.78. The van der Waals surface area contributed by atoms with E-state index in [9.17, 15) is 0 Å². The molecule has 0 N–H and O–H groups in total. The predicted molar refractivity (Wildman–Crippen MR) is 64.9 cm³/mol. The number of hydrogen-bond acceptors (Lipinski definition) is 3. The summed E-state index contributed by atoms with van der Waals surface area (Å²) < 4.78 is 1.88. The zero-order chi connectivity index (χ0) is 11.7. The van der Waals surface area contributed by atoms with E-state index in [2.05, 4.69) is 39.8 Å². The molecule has 3 rings (SSSR count). The van der Waals surface area contributed by atoms with Crippen LogP contribution in [0.25, 0.3) is 0 Å². The lowest BCUT2D eigenvalue weighted by atomic mass is 9.88. The summed E-state index contributed by atoms with van der Waals surface area (Å²) in [6, 6.07) is 8.91. The third-order valence-electron chi connectivity index (χ3n) is 3.35. The van der Waals surface area contributed by atoms with Gasteiger partial charge in [0.05, 0.1) is 11.9 Å². The minimum Gasteiger partial charge on any atom is -0.225 e. The van der Waals surface area contributed by atoms with Gasteiger partial charge in [-0.15, -0.1) is 16.7 Å². The molecule has 1 aliphatic rings. The van der Waals surface area contributed by atoms with Gasteiger partial charge in [-0.3, -0.25) is 0 Å². The summed E-state index contributed by atoms with van der Waals surface area (Å²) in [5.41, 5.74) is 2.85. The van der Waals surface area contributed by atoms with Crippen molar-refractivity contribution in [2.75, 3.05) is 0 Å². The molecular weight excluding hydrogens is 236 g/mol. The lowest BCUT2D eigenvalue weighted by molar-refractivity contribution is 0.388. The SMILES string of the molecule is ClCc1nnnn1C1CCc2ccccc2C1. The molecule has 1 atom stereocenters. The lowest BCUT2D eigenvalue weighted by Crippen LogP contribution is -2.21. The van der Waals surface area contributed by atoms with E-state index in [1.165, 1.54) is 11.1 Å². The number of tetrazole rings is 1. The van der Waals surface area contributed by atoms with Crippen LogP contribution in [0.5, 0.6) is 0 Å². The monoisotopic (exact) mass is 248 g/mol. The Morgan fingerprint density at radius 1 is 1.29 bits per heavy atom. The van der Waals surface area contributed by atoms with Crippen molar-refractivity contribution in [1.82, 2.24) is 20.2 Å². The van der Waals surface area contributed by atoms with Gasteiger partial charge in [-0.05, 0) is 40.8 Å². The second kappa shape index (κ2) is 4.45. The number of halogens is 1. The highest BCUT2D eigenvalue weighted by Gasteiger charge is 2.22. The van der Waals surface area contributed by atoms with Crippen LogP contribution in [0.4, 0.5) is 0 Å². The summed E-state index contributed by atoms with van der Waals surface area (Å²) in [6.45, 7) is 0. The van der Waals surface area contributed by atoms with Crippen molar-refractivity contribution in [3.63, 3.8) is 0 Å². The third-order valence-corrected chi connectivity index (χ3v) is 3.59. The maximum Gasteiger partial charge on any atom is 0.166 e. The van der Waals surface area contributed by atoms with Crippen LogP contribution in [0.2, 0.25) is 0 Å². The van der Waals surface area contributed by atoms with Crippen LogP contribution in [0.15, 0.2) is 24.3 Å². The van der Waals surface area contributed by atoms with Crippen LogP contribution in [0, 0.1) is 0 Å². The quantitative estimate of drug-likeness (QED) is 0.765. The van der Waals surface area contributed by atoms with Gasteiger partial charge in [-0.25, -0.2) is 4.68 Å². The van der Waals surface area contributed by atoms with Crippen LogP contribution in [0.1, 0.15) is 29.4 Å². The van der Waals surface area contributed by atoms with Gasteiger partial charge >= 0.3 is 0 Å². The highest BCUT2D eigenvalue weighted by molar-refractivity contribution is 6.16. The molecule has 1 aliphatic carbocycles. The summed E-state index contributed by atoms with van der Waals surface area (Å²) in [6.07, 6.45) is 3.15. The maximum atomic E-state index is 5.83. The summed E-state index contributed by atoms with van der Waals surface area (Å²) >= 11 is 5.83. The average Bonchev–Trinajstić information content (AvgIpc) is 2.86. The first kappa shape index (κ1) is 10.7. The van der Waals surface area contributed by atoms with Crippen molar-refractivity contribution in [1.29, 1.82) is 0 Å². The topological polar surface area (TPSA) is 43.6 Å². The highest BCUT2D eigenvalue weighted by Crippen LogP contribution is 2.28. The molecule has 88 valence electrons. The number of fused-ring (bicyclic) bond motifs is 1. The Morgan fingerprint density at radius 2 is 2.12 bits per heavy atom. The number of aryl methyl sites for hydroxylation is 1. The fourth-order valence-corrected chi connectivity index (χ4v) is 2.65. The van der Waals surface area contributed by atoms with Crippen LogP contribution >= 0.6 is 11.6 Å². The predicted octanol–water partition coefficient (Wildman–Crippen LogP) is 2.14. The molecule has 0 spiro atoms. The molecule has 0 saturated carbocycles. The molecule has 1 aromatic carbocycles. The van der Waals surface area contributed by atoms with Crippen molar-refractivity contribution in [3.05, 3.63) is 41.2 Å². The second-order valence-electron chi connectivity index (χ2n) is 4.34. The van der Waals surface area contributed by atoms with Crippen LogP contribution in [-0.2, 0) is 18.7 Å². The molecule has 2 aromatic rings. The zero-order valence-electron chi connectivity index (χ0n) is 9.38. The van der Waals surface area contributed by atoms with Gasteiger partial charge in [0.2, 0.25) is 0 Å². The number of hydrogen-bond donors (Lipinski definition) is 0. The molecule has 0 radical (unpaired) electrons. The highest BCUT2D eigenvalue weighted by atomic mass is 35.5. The van der Waals surface area contributed by atoms with Crippen molar-refractivity contribution in [3.8, 4) is 0 Å². The first-order valence-corrected chi connectivity index (χ1v) is 6.31. The number of nitrogens with zero attached hydrogens (tertiary/aromatic N) is 4. The Morgan fingerprint density at radius 3 is 2.94 bits per heavy atom. The van der Waals surface area contributed by atoms with Crippen molar-refractivity contribution in [2.24, 2.45) is 0 Å². The van der Waals surface area contributed by atoms with Crippen molar-refractivity contribution >= 4 is 11.6 Å². The molecule has 1 heterocycles. The van der Waals surface area contributed by atoms with E-state index in [4.69, 9.17) is 11.6 Å². The van der Waals surface area contributed by atoms with E-state index in [1.807, 2.05) is 4.68 Å². The molecular formula is C12H13ClN4. The standard InChI is InChI=1S/C12H13ClN4/c13-8-12-14-15-16-17(12)11-6-5-9-3-1-2-4-10(9)7-11/h1-4,11H,5-8H2. The molecule has 0 fully saturated rings. The molecule has 4 nitrogen and oxygen atoms in total. The average molecular weight is 249 g/mol. The molecule has 1 aromatic heterocycles. The van der Waals surface area contributed by atoms with Gasteiger partial charge in [-0.1, -0.05) is 24.3 Å². The normalized spacial score (nSPS) is 19.0. The maximum absolute atomic E-state index is 5.83. The third kappa shape index (κ3) is 1.93. The fraction of sp³-hybridized carbons (Fsp3) is 0.417. The smallest absolute Gasteiger partial charge is 0.166 e. The van der Waals surface area contributed by atoms with Gasteiger partial charge in [0.15, 0.2) is 5.82 Å². The van der Waals surface area contributed by atoms with Crippen LogP contribution in [-0.4, -0.2) is 20.2 Å². The van der Waals surface area contributed by atoms with E-state index in [0.717, 1.165) is 25.1 Å². The van der Waals surface area contributed by atoms with E-state index < -0.39 is 0 Å². The van der Waals surface area contributed by atoms with Crippen molar-refractivity contribution < 1.29 is 0 Å². The van der Waals surface area contributed by atoms with E-state index >= 15 is 0 Å². The van der Waals surface area contributed by atoms with Gasteiger partial charge in [-0.2, -0.15) is 0 Å². The number of rotatable bonds is 2. The molecule has 0 amide bonds. The van der Waals surface area contributed by atoms with Gasteiger partial charge in [0, 0.05) is 0 Å². The summed E-state index contributed by atoms with van der Waals surface area (Å²) in [5, 5.41) is 11.7. The summed E-state index contributed by atoms with van der Waals surface area (Å²) in [7, 11) is 0. The molecule has 1 unspecified atom stereocenters. The number of aromatic nitrogens is 4. The molecule has 0 bridgehead atoms. The largest absolute Gasteiger partial charge is 0.225 e. The Labute approximate surface area is 105 Å². The van der Waals surface area contributed by atoms with Crippen LogP contribution in [0.3, 0.4) is 0 Å². The van der Waals surface area contributed by atoms with E-state index in [0.29, 0.717) is 11.9 Å². The van der Waals surface area contributed by atoms with Crippen molar-refractivity contribution in [2.45, 2.75) is 31.2 Å². The fourth-order valence-electron chi connectivity index (χ4n) is 2.47. The van der Waals surface area contributed by atoms with E-state index in [-0.39, 0.29) is 0 Å². The summed E-state index contributed by atoms with van der Waals surface area (Å²) in [5.74, 6) is 1.13. The Kier molecular flexibility index (Phi) is 2.81. The Hall–Kier alpha value is -1.42. The number of alkyl halides is 1. The first-order chi connectivity index (χ1) is 8.38. The second-order valence-corrected chi connectivity index (χ2v) is 4.61. The van der Waals surface area contributed by atoms with Gasteiger partial charge in [0.25, 0.3) is 0 Å². The lowest BCUT2D eigenvalue weighted by Gasteiger charge is -2.24. The number of benzene rings is 1. The van der Waals surface area contributed by atoms with Crippen LogP contribution < -0.4 is 0 Å². The molecule has 5 heteroatoms. The Balaban J connectivity index is 1.89. The Bertz CT molecular complexity index is 523. The molecule has 0 saturated heterocycles. The summed E-state index contributed by atoms with van der Waals surface area (Å²) in [4.78, 5) is 0. The zero-order valence-corrected chi connectivity index (χ0v) is 10.1.